The largest absolute Gasteiger partial charge is 0.495 e. The number of carbonyl (C=O) groups excluding carboxylic acids is 1. The summed E-state index contributed by atoms with van der Waals surface area (Å²) in [6, 6.07) is 6.96. The van der Waals surface area contributed by atoms with Gasteiger partial charge >= 0.3 is 0 Å². The molecule has 1 saturated heterocycles. The first-order valence-electron chi connectivity index (χ1n) is 7.90. The molecule has 3 rings (SSSR count). The first kappa shape index (κ1) is 17.4. The van der Waals surface area contributed by atoms with Crippen molar-refractivity contribution in [2.24, 2.45) is 0 Å². The van der Waals surface area contributed by atoms with Crippen molar-refractivity contribution in [3.8, 4) is 5.75 Å². The highest BCUT2D eigenvalue weighted by molar-refractivity contribution is 6.32. The lowest BCUT2D eigenvalue weighted by Crippen LogP contribution is -2.41. The molecule has 0 spiro atoms. The number of nitrogens with zero attached hydrogens (tertiary/aromatic N) is 3. The Bertz CT molecular complexity index is 778. The van der Waals surface area contributed by atoms with Gasteiger partial charge in [0.15, 0.2) is 0 Å². The van der Waals surface area contributed by atoms with Gasteiger partial charge in [-0.1, -0.05) is 11.6 Å². The van der Waals surface area contributed by atoms with Gasteiger partial charge < -0.3 is 19.7 Å². The number of ether oxygens (including phenoxy) is 2. The van der Waals surface area contributed by atoms with Gasteiger partial charge in [-0.05, 0) is 31.2 Å². The molecule has 2 heterocycles. The molecule has 0 radical (unpaired) electrons. The molecular weight excluding hydrogens is 344 g/mol. The summed E-state index contributed by atoms with van der Waals surface area (Å²) in [7, 11) is 1.56. The fraction of sp³-hybridized carbons (Fsp3) is 0.353. The van der Waals surface area contributed by atoms with Crippen LogP contribution in [0.3, 0.4) is 0 Å². The Morgan fingerprint density at radius 3 is 2.72 bits per heavy atom. The minimum Gasteiger partial charge on any atom is -0.495 e. The van der Waals surface area contributed by atoms with Crippen molar-refractivity contribution in [2.75, 3.05) is 38.7 Å². The van der Waals surface area contributed by atoms with Crippen LogP contribution in [0, 0.1) is 6.92 Å². The zero-order valence-corrected chi connectivity index (χ0v) is 14.8. The van der Waals surface area contributed by atoms with Crippen LogP contribution in [0.5, 0.6) is 5.75 Å². The molecule has 1 aliphatic heterocycles. The molecule has 132 valence electrons. The number of hydrogen-bond acceptors (Lipinski definition) is 6. The second kappa shape index (κ2) is 7.67. The highest BCUT2D eigenvalue weighted by Gasteiger charge is 2.20. The number of hydrogen-bond donors (Lipinski definition) is 1. The Morgan fingerprint density at radius 2 is 2.04 bits per heavy atom. The number of benzene rings is 1. The average Bonchev–Trinajstić information content (AvgIpc) is 2.61. The maximum atomic E-state index is 12.6. The zero-order chi connectivity index (χ0) is 17.8. The summed E-state index contributed by atoms with van der Waals surface area (Å²) in [5, 5.41) is 3.55. The van der Waals surface area contributed by atoms with Crippen LogP contribution in [0.25, 0.3) is 0 Å². The predicted molar refractivity (Wildman–Crippen MR) is 94.8 cm³/mol. The number of morpholine rings is 1. The highest BCUT2D eigenvalue weighted by atomic mass is 35.5. The van der Waals surface area contributed by atoms with E-state index >= 15 is 0 Å². The van der Waals surface area contributed by atoms with Crippen LogP contribution in [0.15, 0.2) is 24.3 Å². The van der Waals surface area contributed by atoms with Gasteiger partial charge in [0, 0.05) is 24.5 Å². The van der Waals surface area contributed by atoms with E-state index in [9.17, 15) is 4.79 Å². The lowest BCUT2D eigenvalue weighted by Gasteiger charge is -2.26. The van der Waals surface area contributed by atoms with E-state index in [4.69, 9.17) is 21.1 Å². The number of carbonyl (C=O) groups is 1. The number of rotatable bonds is 4. The lowest BCUT2D eigenvalue weighted by molar-refractivity contribution is 0.0299. The molecule has 8 heteroatoms. The molecule has 1 aromatic heterocycles. The molecule has 1 aromatic carbocycles. The Balaban J connectivity index is 1.81. The topological polar surface area (TPSA) is 76.6 Å². The Morgan fingerprint density at radius 1 is 1.28 bits per heavy atom. The van der Waals surface area contributed by atoms with Crippen LogP contribution in [-0.2, 0) is 4.74 Å². The number of aryl methyl sites for hydroxylation is 1. The summed E-state index contributed by atoms with van der Waals surface area (Å²) >= 11 is 6.13. The smallest absolute Gasteiger partial charge is 0.272 e. The van der Waals surface area contributed by atoms with Crippen molar-refractivity contribution in [1.82, 2.24) is 14.9 Å². The van der Waals surface area contributed by atoms with Crippen LogP contribution >= 0.6 is 11.6 Å². The molecule has 0 saturated carbocycles. The van der Waals surface area contributed by atoms with Crippen LogP contribution in [-0.4, -0.2) is 54.2 Å². The highest BCUT2D eigenvalue weighted by Crippen LogP contribution is 2.28. The van der Waals surface area contributed by atoms with Gasteiger partial charge in [0.2, 0.25) is 5.95 Å². The van der Waals surface area contributed by atoms with Crippen molar-refractivity contribution in [2.45, 2.75) is 6.92 Å². The second-order valence-corrected chi connectivity index (χ2v) is 6.00. The van der Waals surface area contributed by atoms with E-state index < -0.39 is 0 Å². The van der Waals surface area contributed by atoms with Gasteiger partial charge in [-0.2, -0.15) is 0 Å². The third kappa shape index (κ3) is 4.18. The maximum Gasteiger partial charge on any atom is 0.272 e. The molecular formula is C17H19ClN4O3. The maximum absolute atomic E-state index is 12.6. The number of nitrogens with one attached hydrogen (secondary N) is 1. The van der Waals surface area contributed by atoms with Crippen molar-refractivity contribution >= 4 is 29.1 Å². The van der Waals surface area contributed by atoms with Crippen molar-refractivity contribution < 1.29 is 14.3 Å². The molecule has 0 aliphatic carbocycles. The monoisotopic (exact) mass is 362 g/mol. The third-order valence-corrected chi connectivity index (χ3v) is 4.07. The van der Waals surface area contributed by atoms with E-state index in [0.717, 1.165) is 0 Å². The molecule has 25 heavy (non-hydrogen) atoms. The Hall–Kier alpha value is -2.38. The standard InChI is InChI=1S/C17H19ClN4O3/c1-11-9-14(16(23)22-5-7-25-8-6-22)21-17(19-11)20-12-3-4-15(24-2)13(18)10-12/h3-4,9-10H,5-8H2,1-2H3,(H,19,20,21). The van der Waals surface area contributed by atoms with Gasteiger partial charge in [-0.15, -0.1) is 0 Å². The molecule has 1 aliphatic rings. The molecule has 0 unspecified atom stereocenters. The van der Waals surface area contributed by atoms with E-state index in [-0.39, 0.29) is 5.91 Å². The summed E-state index contributed by atoms with van der Waals surface area (Å²) in [4.78, 5) is 23.0. The first-order valence-corrected chi connectivity index (χ1v) is 8.28. The molecule has 1 N–H and O–H groups in total. The van der Waals surface area contributed by atoms with Gasteiger partial charge in [0.1, 0.15) is 11.4 Å². The van der Waals surface area contributed by atoms with E-state index in [2.05, 4.69) is 15.3 Å². The van der Waals surface area contributed by atoms with Crippen LogP contribution < -0.4 is 10.1 Å². The van der Waals surface area contributed by atoms with Crippen LogP contribution in [0.2, 0.25) is 5.02 Å². The molecule has 0 bridgehead atoms. The number of methoxy groups -OCH3 is 1. The first-order chi connectivity index (χ1) is 12.1. The molecule has 1 amide bonds. The van der Waals surface area contributed by atoms with Crippen molar-refractivity contribution in [3.05, 3.63) is 40.7 Å². The fourth-order valence-electron chi connectivity index (χ4n) is 2.54. The van der Waals surface area contributed by atoms with E-state index in [1.807, 2.05) is 6.92 Å². The summed E-state index contributed by atoms with van der Waals surface area (Å²) in [6.07, 6.45) is 0. The van der Waals surface area contributed by atoms with Crippen LogP contribution in [0.4, 0.5) is 11.6 Å². The Kier molecular flexibility index (Phi) is 5.35. The van der Waals surface area contributed by atoms with E-state index in [1.165, 1.54) is 0 Å². The van der Waals surface area contributed by atoms with Gasteiger partial charge in [0.25, 0.3) is 5.91 Å². The summed E-state index contributed by atoms with van der Waals surface area (Å²) in [6.45, 7) is 4.05. The van der Waals surface area contributed by atoms with Gasteiger partial charge in [-0.3, -0.25) is 4.79 Å². The molecule has 1 fully saturated rings. The van der Waals surface area contributed by atoms with E-state index in [0.29, 0.717) is 60.1 Å². The SMILES string of the molecule is COc1ccc(Nc2nc(C)cc(C(=O)N3CCOCC3)n2)cc1Cl. The van der Waals surface area contributed by atoms with Gasteiger partial charge in [0.05, 0.1) is 25.3 Å². The normalized spacial score (nSPS) is 14.3. The summed E-state index contributed by atoms with van der Waals surface area (Å²) < 4.78 is 10.4. The Labute approximate surface area is 150 Å². The second-order valence-electron chi connectivity index (χ2n) is 5.60. The fourth-order valence-corrected chi connectivity index (χ4v) is 2.79. The quantitative estimate of drug-likeness (QED) is 0.901. The molecule has 0 atom stereocenters. The van der Waals surface area contributed by atoms with Gasteiger partial charge in [-0.25, -0.2) is 9.97 Å². The minimum atomic E-state index is -0.121. The predicted octanol–water partition coefficient (Wildman–Crippen LogP) is 2.66. The molecule has 7 nitrogen and oxygen atoms in total. The third-order valence-electron chi connectivity index (χ3n) is 3.78. The minimum absolute atomic E-state index is 0.121. The summed E-state index contributed by atoms with van der Waals surface area (Å²) in [5.74, 6) is 0.808. The average molecular weight is 363 g/mol. The number of halogens is 1. The number of aromatic nitrogens is 2. The van der Waals surface area contributed by atoms with E-state index in [1.54, 1.807) is 36.3 Å². The van der Waals surface area contributed by atoms with Crippen molar-refractivity contribution in [1.29, 1.82) is 0 Å². The number of anilines is 2. The van der Waals surface area contributed by atoms with Crippen molar-refractivity contribution in [3.63, 3.8) is 0 Å². The lowest BCUT2D eigenvalue weighted by atomic mass is 10.2. The van der Waals surface area contributed by atoms with Crippen LogP contribution in [0.1, 0.15) is 16.2 Å². The molecule has 2 aromatic rings. The summed E-state index contributed by atoms with van der Waals surface area (Å²) in [5.41, 5.74) is 1.77. The number of amides is 1. The zero-order valence-electron chi connectivity index (χ0n) is 14.1.